The zero-order valence-corrected chi connectivity index (χ0v) is 11.9. The van der Waals surface area contributed by atoms with Crippen molar-refractivity contribution in [3.63, 3.8) is 0 Å². The fourth-order valence-corrected chi connectivity index (χ4v) is 1.98. The molecule has 106 valence electrons. The molecule has 0 fully saturated rings. The van der Waals surface area contributed by atoms with Crippen LogP contribution in [0, 0.1) is 5.41 Å². The summed E-state index contributed by atoms with van der Waals surface area (Å²) >= 11 is 0. The van der Waals surface area contributed by atoms with Gasteiger partial charge in [-0.1, -0.05) is 32.9 Å². The second-order valence-corrected chi connectivity index (χ2v) is 6.17. The van der Waals surface area contributed by atoms with Crippen LogP contribution in [0.25, 0.3) is 0 Å². The number of carbonyl (C=O) groups is 1. The first-order valence-electron chi connectivity index (χ1n) is 6.56. The first-order valence-corrected chi connectivity index (χ1v) is 6.56. The Bertz CT molecular complexity index is 407. The lowest BCUT2D eigenvalue weighted by Gasteiger charge is -2.22. The van der Waals surface area contributed by atoms with E-state index in [2.05, 4.69) is 26.1 Å². The van der Waals surface area contributed by atoms with Gasteiger partial charge in [-0.25, -0.2) is 0 Å². The van der Waals surface area contributed by atoms with E-state index in [4.69, 9.17) is 10.8 Å². The molecule has 0 bridgehead atoms. The normalized spacial score (nSPS) is 13.1. The maximum Gasteiger partial charge on any atom is 0.221 e. The van der Waals surface area contributed by atoms with E-state index in [1.807, 2.05) is 0 Å². The molecule has 4 N–H and O–H groups in total. The number of amides is 1. The van der Waals surface area contributed by atoms with E-state index in [0.717, 1.165) is 12.0 Å². The number of benzene rings is 1. The second kappa shape index (κ2) is 6.57. The van der Waals surface area contributed by atoms with Gasteiger partial charge in [-0.3, -0.25) is 4.79 Å². The van der Waals surface area contributed by atoms with Crippen molar-refractivity contribution in [3.05, 3.63) is 29.8 Å². The molecule has 1 unspecified atom stereocenters. The van der Waals surface area contributed by atoms with Gasteiger partial charge < -0.3 is 16.2 Å². The van der Waals surface area contributed by atoms with Crippen LogP contribution < -0.4 is 11.1 Å². The molecule has 0 aliphatic rings. The predicted molar refractivity (Wildman–Crippen MR) is 76.6 cm³/mol. The van der Waals surface area contributed by atoms with Crippen LogP contribution >= 0.6 is 0 Å². The van der Waals surface area contributed by atoms with Crippen molar-refractivity contribution in [2.75, 3.05) is 0 Å². The Labute approximate surface area is 115 Å². The van der Waals surface area contributed by atoms with Crippen molar-refractivity contribution in [2.24, 2.45) is 11.1 Å². The van der Waals surface area contributed by atoms with Gasteiger partial charge in [0.15, 0.2) is 0 Å². The minimum absolute atomic E-state index is 0.0372. The number of carbonyl (C=O) groups excluding carboxylic acids is 1. The SMILES string of the molecule is CC(C)(C)CC(N)CC(=O)NCc1ccc(O)cc1. The smallest absolute Gasteiger partial charge is 0.221 e. The summed E-state index contributed by atoms with van der Waals surface area (Å²) in [4.78, 5) is 11.7. The molecule has 19 heavy (non-hydrogen) atoms. The minimum Gasteiger partial charge on any atom is -0.508 e. The molecule has 4 nitrogen and oxygen atoms in total. The summed E-state index contributed by atoms with van der Waals surface area (Å²) in [6, 6.07) is 6.66. The first kappa shape index (κ1) is 15.5. The molecule has 0 aliphatic carbocycles. The fraction of sp³-hybridized carbons (Fsp3) is 0.533. The third-order valence-electron chi connectivity index (χ3n) is 2.75. The molecule has 1 aromatic carbocycles. The molecular weight excluding hydrogens is 240 g/mol. The van der Waals surface area contributed by atoms with Gasteiger partial charge in [0.05, 0.1) is 0 Å². The second-order valence-electron chi connectivity index (χ2n) is 6.17. The van der Waals surface area contributed by atoms with E-state index in [0.29, 0.717) is 13.0 Å². The van der Waals surface area contributed by atoms with Crippen molar-refractivity contribution >= 4 is 5.91 Å². The van der Waals surface area contributed by atoms with Crippen molar-refractivity contribution in [1.29, 1.82) is 0 Å². The van der Waals surface area contributed by atoms with E-state index in [1.165, 1.54) is 0 Å². The largest absolute Gasteiger partial charge is 0.508 e. The standard InChI is InChI=1S/C15H24N2O2/c1-15(2,3)9-12(16)8-14(19)17-10-11-4-6-13(18)7-5-11/h4-7,12,18H,8-10,16H2,1-3H3,(H,17,19). The lowest BCUT2D eigenvalue weighted by Crippen LogP contribution is -2.33. The molecule has 0 saturated heterocycles. The summed E-state index contributed by atoms with van der Waals surface area (Å²) in [6.07, 6.45) is 1.16. The highest BCUT2D eigenvalue weighted by Gasteiger charge is 2.17. The van der Waals surface area contributed by atoms with E-state index in [1.54, 1.807) is 24.3 Å². The molecular formula is C15H24N2O2. The molecule has 0 aliphatic heterocycles. The topological polar surface area (TPSA) is 75.4 Å². The van der Waals surface area contributed by atoms with Gasteiger partial charge >= 0.3 is 0 Å². The Hall–Kier alpha value is -1.55. The number of nitrogens with one attached hydrogen (secondary N) is 1. The van der Waals surface area contributed by atoms with E-state index >= 15 is 0 Å². The average Bonchev–Trinajstić information content (AvgIpc) is 2.25. The highest BCUT2D eigenvalue weighted by molar-refractivity contribution is 5.76. The van der Waals surface area contributed by atoms with Crippen molar-refractivity contribution in [1.82, 2.24) is 5.32 Å². The maximum absolute atomic E-state index is 11.7. The van der Waals surface area contributed by atoms with Crippen LogP contribution in [0.1, 0.15) is 39.2 Å². The molecule has 0 radical (unpaired) electrons. The highest BCUT2D eigenvalue weighted by atomic mass is 16.3. The lowest BCUT2D eigenvalue weighted by molar-refractivity contribution is -0.121. The highest BCUT2D eigenvalue weighted by Crippen LogP contribution is 2.20. The summed E-state index contributed by atoms with van der Waals surface area (Å²) in [5.74, 6) is 0.187. The molecule has 1 rings (SSSR count). The third kappa shape index (κ3) is 6.82. The molecule has 0 saturated carbocycles. The van der Waals surface area contributed by atoms with Gasteiger partial charge in [0.2, 0.25) is 5.91 Å². The number of phenolic OH excluding ortho intramolecular Hbond substituents is 1. The quantitative estimate of drug-likeness (QED) is 0.763. The Morgan fingerprint density at radius 2 is 1.89 bits per heavy atom. The number of phenols is 1. The zero-order chi connectivity index (χ0) is 14.5. The molecule has 0 spiro atoms. The van der Waals surface area contributed by atoms with Crippen molar-refractivity contribution in [3.8, 4) is 5.75 Å². The number of nitrogens with two attached hydrogens (primary N) is 1. The third-order valence-corrected chi connectivity index (χ3v) is 2.75. The Morgan fingerprint density at radius 3 is 2.42 bits per heavy atom. The van der Waals surface area contributed by atoms with Crippen LogP contribution in [0.15, 0.2) is 24.3 Å². The van der Waals surface area contributed by atoms with Gasteiger partial charge in [0.1, 0.15) is 5.75 Å². The fourth-order valence-electron chi connectivity index (χ4n) is 1.98. The summed E-state index contributed by atoms with van der Waals surface area (Å²) in [5.41, 5.74) is 7.05. The van der Waals surface area contributed by atoms with E-state index in [-0.39, 0.29) is 23.1 Å². The van der Waals surface area contributed by atoms with Gasteiger partial charge in [-0.2, -0.15) is 0 Å². The van der Waals surface area contributed by atoms with Crippen LogP contribution in [0.3, 0.4) is 0 Å². The van der Waals surface area contributed by atoms with Crippen LogP contribution in [-0.4, -0.2) is 17.1 Å². The van der Waals surface area contributed by atoms with Gasteiger partial charge in [0.25, 0.3) is 0 Å². The summed E-state index contributed by atoms with van der Waals surface area (Å²) < 4.78 is 0. The monoisotopic (exact) mass is 264 g/mol. The van der Waals surface area contributed by atoms with E-state index in [9.17, 15) is 4.79 Å². The Balaban J connectivity index is 2.33. The zero-order valence-electron chi connectivity index (χ0n) is 11.9. The summed E-state index contributed by atoms with van der Waals surface area (Å²) in [6.45, 7) is 6.80. The molecule has 4 heteroatoms. The first-order chi connectivity index (χ1) is 8.76. The van der Waals surface area contributed by atoms with E-state index < -0.39 is 0 Å². The Morgan fingerprint density at radius 1 is 1.32 bits per heavy atom. The molecule has 0 aromatic heterocycles. The van der Waals surface area contributed by atoms with Crippen LogP contribution in [0.5, 0.6) is 5.75 Å². The molecule has 1 atom stereocenters. The predicted octanol–water partition coefficient (Wildman–Crippen LogP) is 2.16. The Kier molecular flexibility index (Phi) is 5.36. The number of rotatable bonds is 5. The minimum atomic E-state index is -0.111. The number of hydrogen-bond acceptors (Lipinski definition) is 3. The van der Waals surface area contributed by atoms with Gasteiger partial charge in [0, 0.05) is 19.0 Å². The number of hydrogen-bond donors (Lipinski definition) is 3. The lowest BCUT2D eigenvalue weighted by atomic mass is 9.87. The van der Waals surface area contributed by atoms with Crippen LogP contribution in [0.4, 0.5) is 0 Å². The van der Waals surface area contributed by atoms with Gasteiger partial charge in [-0.05, 0) is 29.5 Å². The number of aromatic hydroxyl groups is 1. The van der Waals surface area contributed by atoms with Crippen LogP contribution in [0.2, 0.25) is 0 Å². The molecule has 1 amide bonds. The van der Waals surface area contributed by atoms with Gasteiger partial charge in [-0.15, -0.1) is 0 Å². The van der Waals surface area contributed by atoms with Crippen molar-refractivity contribution < 1.29 is 9.90 Å². The maximum atomic E-state index is 11.7. The summed E-state index contributed by atoms with van der Waals surface area (Å²) in [7, 11) is 0. The average molecular weight is 264 g/mol. The molecule has 1 aromatic rings. The summed E-state index contributed by atoms with van der Waals surface area (Å²) in [5, 5.41) is 12.0. The van der Waals surface area contributed by atoms with Crippen molar-refractivity contribution in [2.45, 2.75) is 46.2 Å². The molecule has 0 heterocycles. The van der Waals surface area contributed by atoms with Crippen LogP contribution in [-0.2, 0) is 11.3 Å².